The van der Waals surface area contributed by atoms with Gasteiger partial charge in [-0.3, -0.25) is 0 Å². The van der Waals surface area contributed by atoms with E-state index in [9.17, 15) is 0 Å². The zero-order valence-corrected chi connectivity index (χ0v) is 10.4. The Kier molecular flexibility index (Phi) is 2.61. The molecule has 2 fully saturated rings. The largest absolute Gasteiger partial charge is 0.343 e. The van der Waals surface area contributed by atoms with Gasteiger partial charge in [0.05, 0.1) is 5.60 Å². The Labute approximate surface area is 92.1 Å². The second-order valence-corrected chi connectivity index (χ2v) is 5.15. The molecule has 0 aromatic carbocycles. The lowest BCUT2D eigenvalue weighted by Crippen LogP contribution is -2.38. The topological polar surface area (TPSA) is 27.7 Å². The monoisotopic (exact) mass is 214 g/mol. The lowest BCUT2D eigenvalue weighted by molar-refractivity contribution is -0.233. The molecule has 0 N–H and O–H groups in total. The summed E-state index contributed by atoms with van der Waals surface area (Å²) in [4.78, 5) is 0. The SMILES string of the molecule is CCC1(CC)O[C@H]2OC(C)(C)OC2[C@H]1C. The van der Waals surface area contributed by atoms with Crippen molar-refractivity contribution in [2.45, 2.75) is 71.2 Å². The summed E-state index contributed by atoms with van der Waals surface area (Å²) in [5.74, 6) is -0.0867. The van der Waals surface area contributed by atoms with Crippen LogP contribution < -0.4 is 0 Å². The average Bonchev–Trinajstić information content (AvgIpc) is 2.59. The fraction of sp³-hybridized carbons (Fsp3) is 1.00. The summed E-state index contributed by atoms with van der Waals surface area (Å²) in [5.41, 5.74) is -0.0498. The van der Waals surface area contributed by atoms with Gasteiger partial charge in [-0.1, -0.05) is 20.8 Å². The third-order valence-corrected chi connectivity index (χ3v) is 3.96. The van der Waals surface area contributed by atoms with Crippen molar-refractivity contribution in [2.75, 3.05) is 0 Å². The van der Waals surface area contributed by atoms with Gasteiger partial charge >= 0.3 is 0 Å². The number of rotatable bonds is 2. The van der Waals surface area contributed by atoms with Crippen molar-refractivity contribution in [1.29, 1.82) is 0 Å². The molecular formula is C12H22O3. The second-order valence-electron chi connectivity index (χ2n) is 5.15. The summed E-state index contributed by atoms with van der Waals surface area (Å²) in [5, 5.41) is 0. The maximum Gasteiger partial charge on any atom is 0.188 e. The van der Waals surface area contributed by atoms with Crippen molar-refractivity contribution in [2.24, 2.45) is 5.92 Å². The van der Waals surface area contributed by atoms with E-state index < -0.39 is 5.79 Å². The molecular weight excluding hydrogens is 192 g/mol. The zero-order chi connectivity index (χ0) is 11.3. The summed E-state index contributed by atoms with van der Waals surface area (Å²) >= 11 is 0. The number of hydrogen-bond acceptors (Lipinski definition) is 3. The third-order valence-electron chi connectivity index (χ3n) is 3.96. The fourth-order valence-electron chi connectivity index (χ4n) is 2.89. The first-order chi connectivity index (χ1) is 6.94. The van der Waals surface area contributed by atoms with E-state index in [4.69, 9.17) is 14.2 Å². The van der Waals surface area contributed by atoms with Crippen molar-refractivity contribution in [3.8, 4) is 0 Å². The average molecular weight is 214 g/mol. The predicted octanol–water partition coefficient (Wildman–Crippen LogP) is 2.69. The molecule has 2 aliphatic rings. The van der Waals surface area contributed by atoms with Gasteiger partial charge in [0.15, 0.2) is 12.1 Å². The van der Waals surface area contributed by atoms with Crippen LogP contribution in [0.5, 0.6) is 0 Å². The predicted molar refractivity (Wildman–Crippen MR) is 57.4 cm³/mol. The molecule has 0 aromatic heterocycles. The van der Waals surface area contributed by atoms with Crippen molar-refractivity contribution < 1.29 is 14.2 Å². The van der Waals surface area contributed by atoms with Crippen molar-refractivity contribution in [3.05, 3.63) is 0 Å². The van der Waals surface area contributed by atoms with Crippen molar-refractivity contribution >= 4 is 0 Å². The van der Waals surface area contributed by atoms with E-state index >= 15 is 0 Å². The first kappa shape index (κ1) is 11.4. The van der Waals surface area contributed by atoms with Gasteiger partial charge in [-0.2, -0.15) is 0 Å². The van der Waals surface area contributed by atoms with Gasteiger partial charge in [-0.15, -0.1) is 0 Å². The van der Waals surface area contributed by atoms with Crippen LogP contribution in [-0.2, 0) is 14.2 Å². The summed E-state index contributed by atoms with van der Waals surface area (Å²) in [6.45, 7) is 10.4. The molecule has 3 nitrogen and oxygen atoms in total. The van der Waals surface area contributed by atoms with Crippen LogP contribution >= 0.6 is 0 Å². The molecule has 2 saturated heterocycles. The van der Waals surface area contributed by atoms with Gasteiger partial charge in [0.2, 0.25) is 0 Å². The molecule has 0 bridgehead atoms. The van der Waals surface area contributed by atoms with E-state index in [2.05, 4.69) is 20.8 Å². The summed E-state index contributed by atoms with van der Waals surface area (Å²) in [6, 6.07) is 0. The van der Waals surface area contributed by atoms with E-state index in [-0.39, 0.29) is 18.0 Å². The van der Waals surface area contributed by atoms with E-state index in [0.717, 1.165) is 12.8 Å². The number of fused-ring (bicyclic) bond motifs is 1. The Morgan fingerprint density at radius 3 is 2.07 bits per heavy atom. The van der Waals surface area contributed by atoms with Gasteiger partial charge in [-0.05, 0) is 26.7 Å². The first-order valence-corrected chi connectivity index (χ1v) is 5.97. The minimum atomic E-state index is -0.489. The third kappa shape index (κ3) is 1.61. The van der Waals surface area contributed by atoms with Crippen molar-refractivity contribution in [1.82, 2.24) is 0 Å². The quantitative estimate of drug-likeness (QED) is 0.707. The van der Waals surface area contributed by atoms with Crippen LogP contribution in [0.3, 0.4) is 0 Å². The molecule has 0 radical (unpaired) electrons. The molecule has 0 aliphatic carbocycles. The standard InChI is InChI=1S/C12H22O3/c1-6-12(7-2)8(3)9-10(15-12)14-11(4,5)13-9/h8-10H,6-7H2,1-5H3/t8-,9?,10-/m1/s1. The normalized spacial score (nSPS) is 41.8. The molecule has 0 aromatic rings. The summed E-state index contributed by atoms with van der Waals surface area (Å²) in [7, 11) is 0. The van der Waals surface area contributed by atoms with E-state index in [1.54, 1.807) is 0 Å². The van der Waals surface area contributed by atoms with Crippen LogP contribution in [0.1, 0.15) is 47.5 Å². The number of hydrogen-bond donors (Lipinski definition) is 0. The first-order valence-electron chi connectivity index (χ1n) is 5.97. The van der Waals surface area contributed by atoms with Gasteiger partial charge in [0, 0.05) is 5.92 Å². The van der Waals surface area contributed by atoms with Gasteiger partial charge in [-0.25, -0.2) is 0 Å². The highest BCUT2D eigenvalue weighted by atomic mass is 16.8. The molecule has 2 heterocycles. The molecule has 3 heteroatoms. The Morgan fingerprint density at radius 2 is 1.60 bits per heavy atom. The Balaban J connectivity index is 2.17. The van der Waals surface area contributed by atoms with Crippen LogP contribution in [0.15, 0.2) is 0 Å². The zero-order valence-electron chi connectivity index (χ0n) is 10.4. The molecule has 88 valence electrons. The van der Waals surface area contributed by atoms with E-state index in [0.29, 0.717) is 5.92 Å². The fourth-order valence-corrected chi connectivity index (χ4v) is 2.89. The van der Waals surface area contributed by atoms with Gasteiger partial charge in [0.1, 0.15) is 6.10 Å². The van der Waals surface area contributed by atoms with Crippen LogP contribution in [-0.4, -0.2) is 23.8 Å². The Hall–Kier alpha value is -0.120. The summed E-state index contributed by atoms with van der Waals surface area (Å²) in [6.07, 6.45) is 1.96. The lowest BCUT2D eigenvalue weighted by atomic mass is 9.83. The highest BCUT2D eigenvalue weighted by molar-refractivity contribution is 4.99. The van der Waals surface area contributed by atoms with E-state index in [1.165, 1.54) is 0 Å². The smallest absolute Gasteiger partial charge is 0.188 e. The van der Waals surface area contributed by atoms with E-state index in [1.807, 2.05) is 13.8 Å². The van der Waals surface area contributed by atoms with Crippen LogP contribution in [0.2, 0.25) is 0 Å². The number of ether oxygens (including phenoxy) is 3. The minimum absolute atomic E-state index is 0.0498. The minimum Gasteiger partial charge on any atom is -0.343 e. The van der Waals surface area contributed by atoms with Crippen molar-refractivity contribution in [3.63, 3.8) is 0 Å². The van der Waals surface area contributed by atoms with Gasteiger partial charge < -0.3 is 14.2 Å². The molecule has 15 heavy (non-hydrogen) atoms. The van der Waals surface area contributed by atoms with Crippen LogP contribution in [0.25, 0.3) is 0 Å². The maximum atomic E-state index is 6.07. The van der Waals surface area contributed by atoms with Crippen LogP contribution in [0.4, 0.5) is 0 Å². The molecule has 1 unspecified atom stereocenters. The Morgan fingerprint density at radius 1 is 1.00 bits per heavy atom. The highest BCUT2D eigenvalue weighted by Gasteiger charge is 2.58. The molecule has 2 rings (SSSR count). The molecule has 0 amide bonds. The second kappa shape index (κ2) is 3.44. The molecule has 0 spiro atoms. The van der Waals surface area contributed by atoms with Gasteiger partial charge in [0.25, 0.3) is 0 Å². The summed E-state index contributed by atoms with van der Waals surface area (Å²) < 4.78 is 17.7. The molecule has 3 atom stereocenters. The molecule has 0 saturated carbocycles. The Bertz CT molecular complexity index is 245. The lowest BCUT2D eigenvalue weighted by Gasteiger charge is -2.33. The van der Waals surface area contributed by atoms with Crippen LogP contribution in [0, 0.1) is 5.92 Å². The maximum absolute atomic E-state index is 6.07. The highest BCUT2D eigenvalue weighted by Crippen LogP contribution is 2.48. The molecule has 2 aliphatic heterocycles.